The maximum absolute atomic E-state index is 4.75. The molecule has 18 heavy (non-hydrogen) atoms. The van der Waals surface area contributed by atoms with E-state index in [1.54, 1.807) is 0 Å². The number of hydrogen-bond acceptors (Lipinski definition) is 2. The van der Waals surface area contributed by atoms with Gasteiger partial charge in [0.2, 0.25) is 0 Å². The summed E-state index contributed by atoms with van der Waals surface area (Å²) >= 11 is 4.75. The molecule has 0 aliphatic heterocycles. The van der Waals surface area contributed by atoms with Crippen LogP contribution in [-0.4, -0.2) is 14.1 Å². The average Bonchev–Trinajstić information content (AvgIpc) is 2.13. The normalized spacial score (nSPS) is 12.7. The van der Waals surface area contributed by atoms with Crippen LogP contribution in [-0.2, 0) is 10.8 Å². The predicted molar refractivity (Wildman–Crippen MR) is 85.4 cm³/mol. The van der Waals surface area contributed by atoms with E-state index in [1.165, 1.54) is 16.8 Å². The van der Waals surface area contributed by atoms with Gasteiger partial charge in [-0.2, -0.15) is 0 Å². The molecule has 0 saturated carbocycles. The van der Waals surface area contributed by atoms with Gasteiger partial charge < -0.3 is 4.90 Å². The fraction of sp³-hybridized carbons (Fsp3) is 0.625. The zero-order valence-electron chi connectivity index (χ0n) is 13.0. The fourth-order valence-electron chi connectivity index (χ4n) is 1.96. The molecule has 1 nitrogen and oxygen atoms in total. The summed E-state index contributed by atoms with van der Waals surface area (Å²) in [5.74, 6) is 0. The van der Waals surface area contributed by atoms with Crippen molar-refractivity contribution in [3.05, 3.63) is 23.3 Å². The number of benzene rings is 1. The topological polar surface area (TPSA) is 3.24 Å². The third-order valence-corrected chi connectivity index (χ3v) is 3.72. The first kappa shape index (κ1) is 15.4. The van der Waals surface area contributed by atoms with Crippen molar-refractivity contribution in [1.29, 1.82) is 0 Å². The second-order valence-electron chi connectivity index (χ2n) is 7.29. The maximum Gasteiger partial charge on any atom is 0.0502 e. The van der Waals surface area contributed by atoms with Crippen LogP contribution in [0.1, 0.15) is 52.7 Å². The van der Waals surface area contributed by atoms with Crippen LogP contribution in [0.25, 0.3) is 0 Å². The molecule has 1 aromatic rings. The molecular weight excluding hydrogens is 238 g/mol. The van der Waals surface area contributed by atoms with Crippen molar-refractivity contribution in [2.75, 3.05) is 19.0 Å². The van der Waals surface area contributed by atoms with Crippen LogP contribution in [0.3, 0.4) is 0 Å². The minimum absolute atomic E-state index is 0.114. The summed E-state index contributed by atoms with van der Waals surface area (Å²) in [6.45, 7) is 13.5. The summed E-state index contributed by atoms with van der Waals surface area (Å²) in [6, 6.07) is 4.58. The minimum Gasteiger partial charge on any atom is -0.377 e. The van der Waals surface area contributed by atoms with E-state index in [0.717, 1.165) is 4.90 Å². The smallest absolute Gasteiger partial charge is 0.0502 e. The van der Waals surface area contributed by atoms with Gasteiger partial charge in [-0.05, 0) is 28.0 Å². The molecule has 0 aliphatic rings. The molecule has 0 aliphatic carbocycles. The third-order valence-electron chi connectivity index (χ3n) is 3.25. The van der Waals surface area contributed by atoms with Gasteiger partial charge in [-0.1, -0.05) is 47.6 Å². The van der Waals surface area contributed by atoms with E-state index in [9.17, 15) is 0 Å². The highest BCUT2D eigenvalue weighted by Crippen LogP contribution is 2.38. The van der Waals surface area contributed by atoms with Crippen LogP contribution in [0.5, 0.6) is 0 Å². The van der Waals surface area contributed by atoms with Crippen molar-refractivity contribution in [1.82, 2.24) is 0 Å². The van der Waals surface area contributed by atoms with Crippen molar-refractivity contribution < 1.29 is 0 Å². The first-order valence-electron chi connectivity index (χ1n) is 6.50. The second-order valence-corrected chi connectivity index (χ2v) is 7.73. The molecule has 1 rings (SSSR count). The maximum atomic E-state index is 4.75. The molecule has 0 amide bonds. The lowest BCUT2D eigenvalue weighted by Gasteiger charge is -2.30. The summed E-state index contributed by atoms with van der Waals surface area (Å²) in [7, 11) is 4.15. The summed E-state index contributed by atoms with van der Waals surface area (Å²) in [5.41, 5.74) is 4.17. The molecular formula is C16H27NS. The van der Waals surface area contributed by atoms with Crippen molar-refractivity contribution in [2.45, 2.75) is 57.3 Å². The number of rotatable bonds is 1. The molecule has 0 N–H and O–H groups in total. The number of hydrogen-bond donors (Lipinski definition) is 1. The Labute approximate surface area is 118 Å². The third kappa shape index (κ3) is 3.23. The number of nitrogens with zero attached hydrogens (tertiary/aromatic N) is 1. The van der Waals surface area contributed by atoms with E-state index < -0.39 is 0 Å². The zero-order valence-corrected chi connectivity index (χ0v) is 13.9. The molecule has 0 aromatic heterocycles. The molecule has 0 unspecified atom stereocenters. The van der Waals surface area contributed by atoms with E-state index in [1.807, 2.05) is 0 Å². The monoisotopic (exact) mass is 265 g/mol. The van der Waals surface area contributed by atoms with E-state index in [2.05, 4.69) is 72.7 Å². The first-order chi connectivity index (χ1) is 7.94. The lowest BCUT2D eigenvalue weighted by molar-refractivity contribution is 0.560. The Kier molecular flexibility index (Phi) is 4.12. The minimum atomic E-state index is 0.114. The zero-order chi connectivity index (χ0) is 14.3. The van der Waals surface area contributed by atoms with Gasteiger partial charge in [0.15, 0.2) is 0 Å². The Morgan fingerprint density at radius 2 is 1.39 bits per heavy atom. The van der Waals surface area contributed by atoms with Gasteiger partial charge in [0.05, 0.1) is 5.69 Å². The summed E-state index contributed by atoms with van der Waals surface area (Å²) in [6.07, 6.45) is 0. The molecule has 0 heterocycles. The standard InChI is InChI=1S/C16H27NS/c1-15(2,3)11-9-12(16(4,5)6)14(18)13(10-11)17(7)8/h9-10,18H,1-8H3. The van der Waals surface area contributed by atoms with Gasteiger partial charge in [0.1, 0.15) is 0 Å². The van der Waals surface area contributed by atoms with E-state index in [4.69, 9.17) is 12.6 Å². The Morgan fingerprint density at radius 1 is 0.889 bits per heavy atom. The van der Waals surface area contributed by atoms with Crippen LogP contribution >= 0.6 is 12.6 Å². The fourth-order valence-corrected chi connectivity index (χ4v) is 2.63. The molecule has 2 heteroatoms. The van der Waals surface area contributed by atoms with Crippen molar-refractivity contribution in [2.24, 2.45) is 0 Å². The van der Waals surface area contributed by atoms with Gasteiger partial charge in [0.25, 0.3) is 0 Å². The lowest BCUT2D eigenvalue weighted by Crippen LogP contribution is -2.20. The highest BCUT2D eigenvalue weighted by atomic mass is 32.1. The van der Waals surface area contributed by atoms with Gasteiger partial charge in [0, 0.05) is 19.0 Å². The molecule has 0 fully saturated rings. The molecule has 0 atom stereocenters. The molecule has 0 bridgehead atoms. The van der Waals surface area contributed by atoms with Crippen molar-refractivity contribution in [3.8, 4) is 0 Å². The first-order valence-corrected chi connectivity index (χ1v) is 6.94. The summed E-state index contributed by atoms with van der Waals surface area (Å²) in [4.78, 5) is 3.24. The molecule has 0 spiro atoms. The number of thiol groups is 1. The van der Waals surface area contributed by atoms with E-state index in [0.29, 0.717) is 0 Å². The molecule has 1 aromatic carbocycles. The Bertz CT molecular complexity index is 434. The molecule has 102 valence electrons. The van der Waals surface area contributed by atoms with Gasteiger partial charge in [-0.25, -0.2) is 0 Å². The predicted octanol–water partition coefficient (Wildman–Crippen LogP) is 4.64. The summed E-state index contributed by atoms with van der Waals surface area (Å²) < 4.78 is 0. The van der Waals surface area contributed by atoms with Gasteiger partial charge in [-0.3, -0.25) is 0 Å². The van der Waals surface area contributed by atoms with Crippen molar-refractivity contribution in [3.63, 3.8) is 0 Å². The lowest BCUT2D eigenvalue weighted by atomic mass is 9.80. The quantitative estimate of drug-likeness (QED) is 0.724. The largest absolute Gasteiger partial charge is 0.377 e. The summed E-state index contributed by atoms with van der Waals surface area (Å²) in [5, 5.41) is 0. The Morgan fingerprint density at radius 3 is 1.72 bits per heavy atom. The van der Waals surface area contributed by atoms with Gasteiger partial charge in [-0.15, -0.1) is 12.6 Å². The Hall–Kier alpha value is -0.630. The SMILES string of the molecule is CN(C)c1cc(C(C)(C)C)cc(C(C)(C)C)c1S. The van der Waals surface area contributed by atoms with Crippen LogP contribution in [0.2, 0.25) is 0 Å². The van der Waals surface area contributed by atoms with E-state index >= 15 is 0 Å². The molecule has 0 radical (unpaired) electrons. The average molecular weight is 265 g/mol. The Balaban J connectivity index is 3.58. The molecule has 0 saturated heterocycles. The van der Waals surface area contributed by atoms with Crippen LogP contribution < -0.4 is 4.90 Å². The van der Waals surface area contributed by atoms with E-state index in [-0.39, 0.29) is 10.8 Å². The van der Waals surface area contributed by atoms with Gasteiger partial charge >= 0.3 is 0 Å². The van der Waals surface area contributed by atoms with Crippen LogP contribution in [0.15, 0.2) is 17.0 Å². The second kappa shape index (κ2) is 4.80. The highest BCUT2D eigenvalue weighted by Gasteiger charge is 2.24. The van der Waals surface area contributed by atoms with Crippen molar-refractivity contribution >= 4 is 18.3 Å². The number of anilines is 1. The van der Waals surface area contributed by atoms with Crippen LogP contribution in [0, 0.1) is 0 Å². The highest BCUT2D eigenvalue weighted by molar-refractivity contribution is 7.80. The van der Waals surface area contributed by atoms with Crippen LogP contribution in [0.4, 0.5) is 5.69 Å².